The standard InChI is InChI=1S/C26H30BrN9S/c1-34-12-14-36(15-13-34)17-18-4-6-19(7-5-18)31-26-30-16-20(27)25(33-26)32-22-9-8-21-23(29-11-10-28-21)24(22)35(2)37-3/h4-11,16H,12-15,17H2,1-3H3,(H2,30,31,32,33). The third kappa shape index (κ3) is 6.12. The number of rotatable bonds is 8. The number of hydrogen-bond donors (Lipinski definition) is 2. The smallest absolute Gasteiger partial charge is 0.229 e. The van der Waals surface area contributed by atoms with Crippen molar-refractivity contribution in [2.45, 2.75) is 6.54 Å². The Labute approximate surface area is 230 Å². The lowest BCUT2D eigenvalue weighted by Crippen LogP contribution is -2.43. The topological polar surface area (TPSA) is 85.3 Å². The average molecular weight is 581 g/mol. The van der Waals surface area contributed by atoms with Crippen LogP contribution in [-0.4, -0.2) is 76.3 Å². The van der Waals surface area contributed by atoms with E-state index in [9.17, 15) is 0 Å². The van der Waals surface area contributed by atoms with Gasteiger partial charge in [-0.25, -0.2) is 4.98 Å². The van der Waals surface area contributed by atoms with Crippen LogP contribution in [0.4, 0.5) is 28.8 Å². The van der Waals surface area contributed by atoms with Gasteiger partial charge in [-0.2, -0.15) is 4.98 Å². The quantitative estimate of drug-likeness (QED) is 0.274. The van der Waals surface area contributed by atoms with Crippen LogP contribution in [0.3, 0.4) is 0 Å². The maximum atomic E-state index is 4.74. The lowest BCUT2D eigenvalue weighted by molar-refractivity contribution is 0.148. The number of aromatic nitrogens is 4. The lowest BCUT2D eigenvalue weighted by Gasteiger charge is -2.32. The van der Waals surface area contributed by atoms with Crippen molar-refractivity contribution in [3.8, 4) is 0 Å². The van der Waals surface area contributed by atoms with Gasteiger partial charge in [0, 0.05) is 70.3 Å². The molecule has 0 radical (unpaired) electrons. The van der Waals surface area contributed by atoms with Crippen LogP contribution in [0.2, 0.25) is 0 Å². The van der Waals surface area contributed by atoms with Gasteiger partial charge in [0.05, 0.1) is 21.4 Å². The number of anilines is 5. The van der Waals surface area contributed by atoms with E-state index in [-0.39, 0.29) is 0 Å². The largest absolute Gasteiger partial charge is 0.337 e. The number of fused-ring (bicyclic) bond motifs is 1. The first-order chi connectivity index (χ1) is 18.0. The number of benzene rings is 2. The van der Waals surface area contributed by atoms with E-state index in [4.69, 9.17) is 4.98 Å². The highest BCUT2D eigenvalue weighted by Crippen LogP contribution is 2.37. The van der Waals surface area contributed by atoms with E-state index < -0.39 is 0 Å². The fourth-order valence-corrected chi connectivity index (χ4v) is 4.92. The second-order valence-corrected chi connectivity index (χ2v) is 10.7. The maximum Gasteiger partial charge on any atom is 0.229 e. The molecule has 5 rings (SSSR count). The summed E-state index contributed by atoms with van der Waals surface area (Å²) in [5.74, 6) is 1.17. The second-order valence-electron chi connectivity index (χ2n) is 8.98. The summed E-state index contributed by atoms with van der Waals surface area (Å²) in [4.78, 5) is 23.1. The summed E-state index contributed by atoms with van der Waals surface area (Å²) in [6.07, 6.45) is 7.19. The normalized spacial score (nSPS) is 14.6. The average Bonchev–Trinajstić information content (AvgIpc) is 2.92. The number of hydrogen-bond acceptors (Lipinski definition) is 10. The molecule has 1 aliphatic heterocycles. The molecule has 9 nitrogen and oxygen atoms in total. The Balaban J connectivity index is 1.33. The Morgan fingerprint density at radius 3 is 2.49 bits per heavy atom. The molecule has 37 heavy (non-hydrogen) atoms. The van der Waals surface area contributed by atoms with Crippen LogP contribution in [0.5, 0.6) is 0 Å². The van der Waals surface area contributed by atoms with Gasteiger partial charge in [-0.1, -0.05) is 24.1 Å². The zero-order valence-electron chi connectivity index (χ0n) is 21.1. The van der Waals surface area contributed by atoms with Crippen molar-refractivity contribution in [3.63, 3.8) is 0 Å². The van der Waals surface area contributed by atoms with Gasteiger partial charge >= 0.3 is 0 Å². The highest BCUT2D eigenvalue weighted by atomic mass is 79.9. The van der Waals surface area contributed by atoms with Gasteiger partial charge in [-0.3, -0.25) is 14.9 Å². The molecule has 1 fully saturated rings. The highest BCUT2D eigenvalue weighted by molar-refractivity contribution is 9.10. The minimum Gasteiger partial charge on any atom is -0.337 e. The van der Waals surface area contributed by atoms with Crippen molar-refractivity contribution in [2.24, 2.45) is 0 Å². The fraction of sp³-hybridized carbons (Fsp3) is 0.308. The summed E-state index contributed by atoms with van der Waals surface area (Å²) in [5.41, 5.74) is 5.73. The van der Waals surface area contributed by atoms with Crippen molar-refractivity contribution in [3.05, 3.63) is 65.0 Å². The zero-order chi connectivity index (χ0) is 25.8. The summed E-state index contributed by atoms with van der Waals surface area (Å²) in [6, 6.07) is 12.5. The molecule has 0 aliphatic carbocycles. The third-order valence-electron chi connectivity index (χ3n) is 6.41. The predicted molar refractivity (Wildman–Crippen MR) is 157 cm³/mol. The van der Waals surface area contributed by atoms with Crippen molar-refractivity contribution < 1.29 is 0 Å². The Kier molecular flexibility index (Phi) is 8.04. The Bertz CT molecular complexity index is 1360. The van der Waals surface area contributed by atoms with Crippen LogP contribution in [0.25, 0.3) is 11.0 Å². The Hall–Kier alpha value is -2.99. The van der Waals surface area contributed by atoms with Gasteiger partial charge < -0.3 is 19.8 Å². The zero-order valence-corrected chi connectivity index (χ0v) is 23.6. The molecule has 192 valence electrons. The van der Waals surface area contributed by atoms with Crippen molar-refractivity contribution in [1.29, 1.82) is 0 Å². The van der Waals surface area contributed by atoms with Crippen LogP contribution in [0.15, 0.2) is 59.5 Å². The second kappa shape index (κ2) is 11.6. The number of nitrogens with zero attached hydrogens (tertiary/aromatic N) is 7. The first kappa shape index (κ1) is 25.7. The van der Waals surface area contributed by atoms with E-state index in [1.807, 2.05) is 25.4 Å². The number of nitrogens with one attached hydrogen (secondary N) is 2. The Morgan fingerprint density at radius 1 is 0.973 bits per heavy atom. The van der Waals surface area contributed by atoms with Crippen LogP contribution in [0, 0.1) is 0 Å². The van der Waals surface area contributed by atoms with E-state index in [0.717, 1.165) is 65.3 Å². The maximum absolute atomic E-state index is 4.74. The molecule has 0 atom stereocenters. The molecule has 0 unspecified atom stereocenters. The molecule has 2 aromatic heterocycles. The third-order valence-corrected chi connectivity index (χ3v) is 7.72. The molecular formula is C26H30BrN9S. The van der Waals surface area contributed by atoms with Crippen molar-refractivity contribution in [2.75, 3.05) is 61.5 Å². The van der Waals surface area contributed by atoms with Gasteiger partial charge in [0.2, 0.25) is 5.95 Å². The summed E-state index contributed by atoms with van der Waals surface area (Å²) >= 11 is 5.19. The summed E-state index contributed by atoms with van der Waals surface area (Å²) in [6.45, 7) is 5.44. The van der Waals surface area contributed by atoms with E-state index in [1.54, 1.807) is 30.5 Å². The number of likely N-dealkylation sites (N-methyl/N-ethyl adjacent to an activating group) is 1. The van der Waals surface area contributed by atoms with Crippen molar-refractivity contribution >= 4 is 67.7 Å². The molecule has 1 aliphatic rings. The fourth-order valence-electron chi connectivity index (χ4n) is 4.26. The molecule has 0 bridgehead atoms. The van der Waals surface area contributed by atoms with E-state index >= 15 is 0 Å². The van der Waals surface area contributed by atoms with E-state index in [1.165, 1.54) is 5.56 Å². The van der Waals surface area contributed by atoms with Crippen LogP contribution in [-0.2, 0) is 6.54 Å². The van der Waals surface area contributed by atoms with Crippen LogP contribution in [0.1, 0.15) is 5.56 Å². The molecule has 4 aromatic rings. The van der Waals surface area contributed by atoms with Crippen molar-refractivity contribution in [1.82, 2.24) is 29.7 Å². The molecular weight excluding hydrogens is 550 g/mol. The lowest BCUT2D eigenvalue weighted by atomic mass is 10.2. The number of halogens is 1. The monoisotopic (exact) mass is 579 g/mol. The van der Waals surface area contributed by atoms with Gasteiger partial charge in [0.1, 0.15) is 11.3 Å². The van der Waals surface area contributed by atoms with Gasteiger partial charge in [0.15, 0.2) is 0 Å². The number of piperazine rings is 1. The van der Waals surface area contributed by atoms with Gasteiger partial charge in [0.25, 0.3) is 0 Å². The Morgan fingerprint density at radius 2 is 1.73 bits per heavy atom. The molecule has 0 spiro atoms. The van der Waals surface area contributed by atoms with E-state index in [2.05, 4.69) is 86.9 Å². The molecule has 0 saturated carbocycles. The SMILES string of the molecule is CSN(C)c1c(Nc2nc(Nc3ccc(CN4CCN(C)CC4)cc3)ncc2Br)ccc2nccnc12. The highest BCUT2D eigenvalue weighted by Gasteiger charge is 2.16. The molecule has 2 aromatic carbocycles. The minimum absolute atomic E-state index is 0.512. The molecule has 11 heteroatoms. The summed E-state index contributed by atoms with van der Waals surface area (Å²) in [5, 5.41) is 6.79. The van der Waals surface area contributed by atoms with Crippen LogP contribution < -0.4 is 14.9 Å². The molecule has 3 heterocycles. The molecule has 1 saturated heterocycles. The summed E-state index contributed by atoms with van der Waals surface area (Å²) in [7, 11) is 4.19. The van der Waals surface area contributed by atoms with Gasteiger partial charge in [-0.05, 0) is 52.8 Å². The van der Waals surface area contributed by atoms with Crippen LogP contribution >= 0.6 is 27.9 Å². The summed E-state index contributed by atoms with van der Waals surface area (Å²) < 4.78 is 2.83. The molecule has 0 amide bonds. The van der Waals surface area contributed by atoms with Gasteiger partial charge in [-0.15, -0.1) is 0 Å². The first-order valence-electron chi connectivity index (χ1n) is 12.1. The first-order valence-corrected chi connectivity index (χ1v) is 14.1. The molecule has 2 N–H and O–H groups in total. The minimum atomic E-state index is 0.512. The predicted octanol–water partition coefficient (Wildman–Crippen LogP) is 5.13. The van der Waals surface area contributed by atoms with E-state index in [0.29, 0.717) is 11.8 Å².